The van der Waals surface area contributed by atoms with Crippen LogP contribution < -0.4 is 0 Å². The summed E-state index contributed by atoms with van der Waals surface area (Å²) in [6.45, 7) is 0.208. The molecule has 0 N–H and O–H groups in total. The highest BCUT2D eigenvalue weighted by Gasteiger charge is 2.13. The summed E-state index contributed by atoms with van der Waals surface area (Å²) in [7, 11) is -3.58. The lowest BCUT2D eigenvalue weighted by Gasteiger charge is -2.04. The van der Waals surface area contributed by atoms with E-state index in [-0.39, 0.29) is 11.5 Å². The second-order valence-electron chi connectivity index (χ2n) is 2.72. The van der Waals surface area contributed by atoms with Gasteiger partial charge in [-0.3, -0.25) is 4.18 Å². The number of halogens is 1. The Hall–Kier alpha value is -0.0400. The summed E-state index contributed by atoms with van der Waals surface area (Å²) in [6, 6.07) is 6.37. The van der Waals surface area contributed by atoms with Crippen molar-refractivity contribution in [1.82, 2.24) is 0 Å². The summed E-state index contributed by atoms with van der Waals surface area (Å²) in [5, 5.41) is 0. The summed E-state index contributed by atoms with van der Waals surface area (Å²) in [4.78, 5) is 0.187. The van der Waals surface area contributed by atoms with Gasteiger partial charge in [0.05, 0.1) is 11.5 Å². The monoisotopic (exact) mass is 310 g/mol. The van der Waals surface area contributed by atoms with Crippen LogP contribution in [-0.2, 0) is 14.3 Å². The van der Waals surface area contributed by atoms with E-state index in [2.05, 4.69) is 15.9 Å². The zero-order valence-electron chi connectivity index (χ0n) is 8.14. The van der Waals surface area contributed by atoms with E-state index in [0.29, 0.717) is 5.75 Å². The van der Waals surface area contributed by atoms with E-state index in [1.165, 1.54) is 12.1 Å². The lowest BCUT2D eigenvalue weighted by molar-refractivity contribution is 0.341. The molecule has 0 radical (unpaired) electrons. The molecule has 1 aromatic carbocycles. The molecule has 0 heterocycles. The molecule has 0 bridgehead atoms. The standard InChI is InChI=1S/C9H11BrO3S2/c1-14-7-6-13-15(11,12)9-4-2-8(10)3-5-9/h2-5H,6-7H2,1H3. The lowest BCUT2D eigenvalue weighted by atomic mass is 10.4. The van der Waals surface area contributed by atoms with Crippen molar-refractivity contribution in [3.8, 4) is 0 Å². The van der Waals surface area contributed by atoms with Crippen LogP contribution in [0.15, 0.2) is 33.6 Å². The van der Waals surface area contributed by atoms with E-state index in [4.69, 9.17) is 4.18 Å². The minimum atomic E-state index is -3.58. The van der Waals surface area contributed by atoms with Gasteiger partial charge in [0.15, 0.2) is 0 Å². The number of hydrogen-bond acceptors (Lipinski definition) is 4. The Morgan fingerprint density at radius 2 is 1.93 bits per heavy atom. The molecule has 1 aromatic rings. The molecule has 0 amide bonds. The molecule has 6 heteroatoms. The Balaban J connectivity index is 2.73. The second kappa shape index (κ2) is 5.89. The first kappa shape index (κ1) is 13.0. The Bertz CT molecular complexity index is 400. The van der Waals surface area contributed by atoms with Gasteiger partial charge in [-0.2, -0.15) is 20.2 Å². The fourth-order valence-corrected chi connectivity index (χ4v) is 2.42. The fourth-order valence-electron chi connectivity index (χ4n) is 0.896. The molecular formula is C9H11BrO3S2. The topological polar surface area (TPSA) is 43.4 Å². The molecule has 0 saturated carbocycles. The average Bonchev–Trinajstić information content (AvgIpc) is 2.18. The molecule has 1 rings (SSSR count). The molecule has 0 aromatic heterocycles. The maximum Gasteiger partial charge on any atom is 0.297 e. The zero-order valence-corrected chi connectivity index (χ0v) is 11.4. The highest BCUT2D eigenvalue weighted by Crippen LogP contribution is 2.16. The van der Waals surface area contributed by atoms with Crippen molar-refractivity contribution < 1.29 is 12.6 Å². The smallest absolute Gasteiger partial charge is 0.266 e. The van der Waals surface area contributed by atoms with Crippen LogP contribution in [0.5, 0.6) is 0 Å². The third-order valence-electron chi connectivity index (χ3n) is 1.63. The maximum atomic E-state index is 11.6. The summed E-state index contributed by atoms with van der Waals surface area (Å²) >= 11 is 4.78. The first-order valence-electron chi connectivity index (χ1n) is 4.20. The first-order chi connectivity index (χ1) is 7.06. The fraction of sp³-hybridized carbons (Fsp3) is 0.333. The molecular weight excluding hydrogens is 300 g/mol. The molecule has 0 aliphatic rings. The zero-order chi connectivity index (χ0) is 11.3. The highest BCUT2D eigenvalue weighted by atomic mass is 79.9. The summed E-state index contributed by atoms with van der Waals surface area (Å²) in [5.74, 6) is 0.662. The quantitative estimate of drug-likeness (QED) is 0.619. The van der Waals surface area contributed by atoms with Gasteiger partial charge in [-0.25, -0.2) is 0 Å². The molecule has 0 unspecified atom stereocenters. The van der Waals surface area contributed by atoms with Crippen molar-refractivity contribution in [1.29, 1.82) is 0 Å². The Labute approximate surface area is 102 Å². The summed E-state index contributed by atoms with van der Waals surface area (Å²) in [5.41, 5.74) is 0. The van der Waals surface area contributed by atoms with E-state index >= 15 is 0 Å². The molecule has 3 nitrogen and oxygen atoms in total. The Morgan fingerprint density at radius 1 is 1.33 bits per heavy atom. The second-order valence-corrected chi connectivity index (χ2v) is 6.24. The number of thioether (sulfide) groups is 1. The lowest BCUT2D eigenvalue weighted by Crippen LogP contribution is -2.08. The minimum absolute atomic E-state index is 0.187. The van der Waals surface area contributed by atoms with E-state index in [0.717, 1.165) is 4.47 Å². The van der Waals surface area contributed by atoms with Crippen LogP contribution in [0.1, 0.15) is 0 Å². The van der Waals surface area contributed by atoms with Crippen molar-refractivity contribution >= 4 is 37.8 Å². The van der Waals surface area contributed by atoms with Gasteiger partial charge in [-0.05, 0) is 30.5 Å². The molecule has 0 aliphatic heterocycles. The van der Waals surface area contributed by atoms with Gasteiger partial charge in [0, 0.05) is 10.2 Å². The molecule has 0 saturated heterocycles. The van der Waals surface area contributed by atoms with Gasteiger partial charge in [-0.15, -0.1) is 0 Å². The normalized spacial score (nSPS) is 11.6. The minimum Gasteiger partial charge on any atom is -0.266 e. The van der Waals surface area contributed by atoms with Crippen LogP contribution in [0.25, 0.3) is 0 Å². The predicted octanol–water partition coefficient (Wildman–Crippen LogP) is 2.52. The number of rotatable bonds is 5. The van der Waals surface area contributed by atoms with E-state index < -0.39 is 10.1 Å². The molecule has 0 aliphatic carbocycles. The predicted molar refractivity (Wildman–Crippen MR) is 65.7 cm³/mol. The van der Waals surface area contributed by atoms with Crippen LogP contribution in [0.2, 0.25) is 0 Å². The van der Waals surface area contributed by atoms with E-state index in [1.54, 1.807) is 23.9 Å². The number of benzene rings is 1. The molecule has 0 fully saturated rings. The SMILES string of the molecule is CSCCOS(=O)(=O)c1ccc(Br)cc1. The average molecular weight is 311 g/mol. The molecule has 84 valence electrons. The molecule has 15 heavy (non-hydrogen) atoms. The van der Waals surface area contributed by atoms with Crippen molar-refractivity contribution in [3.63, 3.8) is 0 Å². The van der Waals surface area contributed by atoms with E-state index in [1.807, 2.05) is 6.26 Å². The van der Waals surface area contributed by atoms with Crippen LogP contribution in [0, 0.1) is 0 Å². The maximum absolute atomic E-state index is 11.6. The van der Waals surface area contributed by atoms with Gasteiger partial charge >= 0.3 is 0 Å². The van der Waals surface area contributed by atoms with Gasteiger partial charge in [0.2, 0.25) is 0 Å². The third-order valence-corrected chi connectivity index (χ3v) is 4.06. The molecule has 0 atom stereocenters. The van der Waals surface area contributed by atoms with Gasteiger partial charge < -0.3 is 0 Å². The van der Waals surface area contributed by atoms with Crippen LogP contribution in [-0.4, -0.2) is 27.0 Å². The van der Waals surface area contributed by atoms with E-state index in [9.17, 15) is 8.42 Å². The molecule has 0 spiro atoms. The van der Waals surface area contributed by atoms with Gasteiger partial charge in [-0.1, -0.05) is 15.9 Å². The Morgan fingerprint density at radius 3 is 2.47 bits per heavy atom. The first-order valence-corrected chi connectivity index (χ1v) is 7.80. The summed E-state index contributed by atoms with van der Waals surface area (Å²) in [6.07, 6.45) is 1.90. The summed E-state index contributed by atoms with van der Waals surface area (Å²) < 4.78 is 28.8. The van der Waals surface area contributed by atoms with Crippen LogP contribution in [0.4, 0.5) is 0 Å². The van der Waals surface area contributed by atoms with Crippen molar-refractivity contribution in [3.05, 3.63) is 28.7 Å². The van der Waals surface area contributed by atoms with Crippen LogP contribution >= 0.6 is 27.7 Å². The number of hydrogen-bond donors (Lipinski definition) is 0. The van der Waals surface area contributed by atoms with Crippen molar-refractivity contribution in [2.45, 2.75) is 4.90 Å². The van der Waals surface area contributed by atoms with Crippen molar-refractivity contribution in [2.75, 3.05) is 18.6 Å². The van der Waals surface area contributed by atoms with Gasteiger partial charge in [0.1, 0.15) is 0 Å². The van der Waals surface area contributed by atoms with Crippen molar-refractivity contribution in [2.24, 2.45) is 0 Å². The van der Waals surface area contributed by atoms with Gasteiger partial charge in [0.25, 0.3) is 10.1 Å². The largest absolute Gasteiger partial charge is 0.297 e. The third kappa shape index (κ3) is 4.14. The van der Waals surface area contributed by atoms with Crippen LogP contribution in [0.3, 0.4) is 0 Å². The highest BCUT2D eigenvalue weighted by molar-refractivity contribution is 9.10. The Kier molecular flexibility index (Phi) is 5.11.